The molecule has 5 heteroatoms. The molecule has 2 aliphatic rings. The molecule has 0 radical (unpaired) electrons. The number of hydrogen-bond acceptors (Lipinski definition) is 2. The number of amides is 2. The zero-order valence-corrected chi connectivity index (χ0v) is 20.5. The topological polar surface area (TPSA) is 35.6 Å². The fourth-order valence-corrected chi connectivity index (χ4v) is 5.88. The van der Waals surface area contributed by atoms with Gasteiger partial charge in [0.2, 0.25) is 0 Å². The molecule has 0 aliphatic carbocycles. The number of rotatable bonds is 3. The number of likely N-dealkylation sites (tertiary alicyclic amines) is 1. The molecule has 0 atom stereocenters. The summed E-state index contributed by atoms with van der Waals surface area (Å²) in [5.74, 6) is -0.361. The quantitative estimate of drug-likeness (QED) is 0.348. The predicted octanol–water partition coefficient (Wildman–Crippen LogP) is 6.87. The Kier molecular flexibility index (Phi) is 5.73. The third kappa shape index (κ3) is 4.24. The van der Waals surface area contributed by atoms with Crippen molar-refractivity contribution in [2.75, 3.05) is 29.9 Å². The van der Waals surface area contributed by atoms with Gasteiger partial charge >= 0.3 is 6.03 Å². The second-order valence-electron chi connectivity index (χ2n) is 10.3. The predicted molar refractivity (Wildman–Crippen MR) is 144 cm³/mol. The van der Waals surface area contributed by atoms with Crippen LogP contribution in [0.25, 0.3) is 10.8 Å². The first-order chi connectivity index (χ1) is 17.5. The lowest BCUT2D eigenvalue weighted by molar-refractivity contribution is 0.160. The number of fused-ring (bicyclic) bond motifs is 3. The van der Waals surface area contributed by atoms with E-state index >= 15 is 0 Å². The molecule has 0 saturated carbocycles. The highest BCUT2D eigenvalue weighted by molar-refractivity contribution is 6.03. The van der Waals surface area contributed by atoms with Gasteiger partial charge in [0, 0.05) is 29.9 Å². The molecule has 1 N–H and O–H groups in total. The van der Waals surface area contributed by atoms with Crippen LogP contribution >= 0.6 is 0 Å². The maximum absolute atomic E-state index is 13.7. The summed E-state index contributed by atoms with van der Waals surface area (Å²) in [7, 11) is 0. The summed E-state index contributed by atoms with van der Waals surface area (Å²) in [5, 5.41) is 5.45. The van der Waals surface area contributed by atoms with Crippen LogP contribution in [0.15, 0.2) is 84.9 Å². The molecule has 0 unspecified atom stereocenters. The number of nitrogens with zero attached hydrogens (tertiary/aromatic N) is 2. The number of urea groups is 1. The van der Waals surface area contributed by atoms with Gasteiger partial charge in [0.05, 0.1) is 0 Å². The van der Waals surface area contributed by atoms with Crippen LogP contribution in [0.5, 0.6) is 0 Å². The molecule has 4 aromatic rings. The van der Waals surface area contributed by atoms with Crippen molar-refractivity contribution in [2.24, 2.45) is 0 Å². The van der Waals surface area contributed by atoms with Gasteiger partial charge in [-0.3, -0.25) is 9.80 Å². The second kappa shape index (κ2) is 9.07. The van der Waals surface area contributed by atoms with Crippen LogP contribution in [0.3, 0.4) is 0 Å². The lowest BCUT2D eigenvalue weighted by Gasteiger charge is -2.40. The third-order valence-corrected chi connectivity index (χ3v) is 7.83. The van der Waals surface area contributed by atoms with Gasteiger partial charge in [-0.1, -0.05) is 60.2 Å². The van der Waals surface area contributed by atoms with E-state index in [1.54, 1.807) is 12.1 Å². The minimum atomic E-state index is -0.361. The summed E-state index contributed by atoms with van der Waals surface area (Å²) in [5.41, 5.74) is 5.20. The van der Waals surface area contributed by atoms with Crippen LogP contribution < -0.4 is 10.2 Å². The number of carbonyl (C=O) groups excluding carboxylic acids is 1. The maximum Gasteiger partial charge on any atom is 0.326 e. The monoisotopic (exact) mass is 479 g/mol. The number of nitrogens with one attached hydrogen (secondary N) is 1. The largest absolute Gasteiger partial charge is 0.326 e. The Hall–Kier alpha value is -3.70. The van der Waals surface area contributed by atoms with E-state index < -0.39 is 0 Å². The molecule has 36 heavy (non-hydrogen) atoms. The second-order valence-corrected chi connectivity index (χ2v) is 10.3. The van der Waals surface area contributed by atoms with E-state index in [1.807, 2.05) is 4.90 Å². The molecule has 4 aromatic carbocycles. The Labute approximate surface area is 211 Å². The molecule has 6 rings (SSSR count). The van der Waals surface area contributed by atoms with Gasteiger partial charge in [-0.05, 0) is 85.1 Å². The average Bonchev–Trinajstić information content (AvgIpc) is 3.19. The SMILES string of the molecule is Cc1ccc2c(c1)C1(CCN(Cc3ccc4ccccc4c3)CC1)CN2C(=O)Nc1cccc(F)c1. The first kappa shape index (κ1) is 22.7. The van der Waals surface area contributed by atoms with Gasteiger partial charge in [-0.25, -0.2) is 9.18 Å². The molecule has 0 bridgehead atoms. The van der Waals surface area contributed by atoms with Crippen molar-refractivity contribution >= 4 is 28.2 Å². The highest BCUT2D eigenvalue weighted by Crippen LogP contribution is 2.47. The van der Waals surface area contributed by atoms with Crippen LogP contribution in [-0.2, 0) is 12.0 Å². The standard InChI is InChI=1S/C31H30FN3O/c1-22-9-12-29-28(17-22)31(21-35(29)30(36)33-27-8-4-7-26(32)19-27)13-15-34(16-14-31)20-23-10-11-24-5-2-3-6-25(24)18-23/h2-12,17-19H,13-16,20-21H2,1H3,(H,33,36). The minimum absolute atomic E-state index is 0.0550. The molecule has 2 aliphatic heterocycles. The summed E-state index contributed by atoms with van der Waals surface area (Å²) < 4.78 is 13.7. The Morgan fingerprint density at radius 3 is 2.53 bits per heavy atom. The van der Waals surface area contributed by atoms with Crippen molar-refractivity contribution < 1.29 is 9.18 Å². The van der Waals surface area contributed by atoms with E-state index in [-0.39, 0.29) is 17.3 Å². The number of carbonyl (C=O) groups is 1. The zero-order valence-electron chi connectivity index (χ0n) is 20.5. The number of aryl methyl sites for hydroxylation is 1. The van der Waals surface area contributed by atoms with E-state index in [1.165, 1.54) is 39.6 Å². The molecule has 1 saturated heterocycles. The summed E-state index contributed by atoms with van der Waals surface area (Å²) in [6.07, 6.45) is 2.00. The number of benzene rings is 4. The first-order valence-corrected chi connectivity index (χ1v) is 12.6. The number of hydrogen-bond donors (Lipinski definition) is 1. The Morgan fingerprint density at radius 1 is 0.917 bits per heavy atom. The normalized spacial score (nSPS) is 16.9. The molecule has 4 nitrogen and oxygen atoms in total. The first-order valence-electron chi connectivity index (χ1n) is 12.6. The maximum atomic E-state index is 13.7. The van der Waals surface area contributed by atoms with Crippen molar-refractivity contribution in [3.8, 4) is 0 Å². The van der Waals surface area contributed by atoms with E-state index in [2.05, 4.69) is 77.8 Å². The van der Waals surface area contributed by atoms with Crippen LogP contribution in [-0.4, -0.2) is 30.6 Å². The molecule has 2 amide bonds. The Morgan fingerprint density at radius 2 is 1.72 bits per heavy atom. The summed E-state index contributed by atoms with van der Waals surface area (Å²) in [6, 6.07) is 27.5. The highest BCUT2D eigenvalue weighted by atomic mass is 19.1. The number of halogens is 1. The van der Waals surface area contributed by atoms with Crippen molar-refractivity contribution in [1.29, 1.82) is 0 Å². The van der Waals surface area contributed by atoms with E-state index in [4.69, 9.17) is 0 Å². The van der Waals surface area contributed by atoms with Gasteiger partial charge < -0.3 is 5.32 Å². The Balaban J connectivity index is 1.20. The van der Waals surface area contributed by atoms with Gasteiger partial charge in [-0.15, -0.1) is 0 Å². The van der Waals surface area contributed by atoms with Crippen LogP contribution in [0.2, 0.25) is 0 Å². The van der Waals surface area contributed by atoms with Gasteiger partial charge in [0.15, 0.2) is 0 Å². The van der Waals surface area contributed by atoms with Crippen LogP contribution in [0.4, 0.5) is 20.6 Å². The van der Waals surface area contributed by atoms with Crippen molar-refractivity contribution in [1.82, 2.24) is 4.90 Å². The Bertz CT molecular complexity index is 1440. The van der Waals surface area contributed by atoms with E-state index in [0.717, 1.165) is 38.2 Å². The smallest absolute Gasteiger partial charge is 0.307 e. The minimum Gasteiger partial charge on any atom is -0.307 e. The summed E-state index contributed by atoms with van der Waals surface area (Å²) >= 11 is 0. The van der Waals surface area contributed by atoms with E-state index in [9.17, 15) is 9.18 Å². The summed E-state index contributed by atoms with van der Waals surface area (Å²) in [6.45, 7) is 5.67. The molecule has 1 spiro atoms. The van der Waals surface area contributed by atoms with Gasteiger partial charge in [0.25, 0.3) is 0 Å². The van der Waals surface area contributed by atoms with Crippen molar-refractivity contribution in [2.45, 2.75) is 31.7 Å². The van der Waals surface area contributed by atoms with Crippen LogP contribution in [0.1, 0.15) is 29.5 Å². The molecule has 0 aromatic heterocycles. The molecule has 182 valence electrons. The van der Waals surface area contributed by atoms with Crippen LogP contribution in [0, 0.1) is 12.7 Å². The fourth-order valence-electron chi connectivity index (χ4n) is 5.88. The van der Waals surface area contributed by atoms with Crippen molar-refractivity contribution in [3.05, 3.63) is 107 Å². The molecule has 1 fully saturated rings. The zero-order chi connectivity index (χ0) is 24.7. The third-order valence-electron chi connectivity index (χ3n) is 7.83. The fraction of sp³-hybridized carbons (Fsp3) is 0.258. The van der Waals surface area contributed by atoms with Crippen molar-refractivity contribution in [3.63, 3.8) is 0 Å². The average molecular weight is 480 g/mol. The molecular formula is C31H30FN3O. The number of piperidine rings is 1. The number of anilines is 2. The highest BCUT2D eigenvalue weighted by Gasteiger charge is 2.46. The van der Waals surface area contributed by atoms with Gasteiger partial charge in [-0.2, -0.15) is 0 Å². The van der Waals surface area contributed by atoms with Gasteiger partial charge in [0.1, 0.15) is 5.82 Å². The summed E-state index contributed by atoms with van der Waals surface area (Å²) in [4.78, 5) is 17.7. The lowest BCUT2D eigenvalue weighted by atomic mass is 9.74. The molecular weight excluding hydrogens is 449 g/mol. The van der Waals surface area contributed by atoms with E-state index in [0.29, 0.717) is 12.2 Å². The lowest BCUT2D eigenvalue weighted by Crippen LogP contribution is -2.46. The molecule has 2 heterocycles.